The first-order chi connectivity index (χ1) is 9.34. The van der Waals surface area contributed by atoms with Crippen molar-refractivity contribution >= 4 is 15.7 Å². The number of hydrogen-bond acceptors (Lipinski definition) is 5. The summed E-state index contributed by atoms with van der Waals surface area (Å²) in [6.07, 6.45) is 0.246. The molecular formula is C11H15FN2O5S. The molecule has 0 spiro atoms. The fourth-order valence-electron chi connectivity index (χ4n) is 1.64. The van der Waals surface area contributed by atoms with Gasteiger partial charge in [0.2, 0.25) is 15.8 Å². The molecular weight excluding hydrogens is 291 g/mol. The van der Waals surface area contributed by atoms with Crippen molar-refractivity contribution in [2.45, 2.75) is 18.2 Å². The molecule has 0 radical (unpaired) electrons. The Morgan fingerprint density at radius 2 is 2.10 bits per heavy atom. The maximum atomic E-state index is 13.2. The number of nitro benzene ring substituents is 1. The van der Waals surface area contributed by atoms with Crippen LogP contribution in [0.15, 0.2) is 23.1 Å². The zero-order chi connectivity index (χ0) is 15.3. The van der Waals surface area contributed by atoms with E-state index in [1.165, 1.54) is 0 Å². The van der Waals surface area contributed by atoms with Crippen molar-refractivity contribution < 1.29 is 22.8 Å². The van der Waals surface area contributed by atoms with Gasteiger partial charge >= 0.3 is 5.69 Å². The first-order valence-electron chi connectivity index (χ1n) is 5.89. The normalized spacial score (nSPS) is 11.8. The van der Waals surface area contributed by atoms with Crippen LogP contribution in [0, 0.1) is 15.9 Å². The predicted octanol–water partition coefficient (Wildman–Crippen LogP) is 1.13. The van der Waals surface area contributed by atoms with Crippen LogP contribution in [0.4, 0.5) is 10.1 Å². The van der Waals surface area contributed by atoms with Crippen molar-refractivity contribution in [3.8, 4) is 0 Å². The van der Waals surface area contributed by atoms with E-state index in [1.54, 1.807) is 6.92 Å². The van der Waals surface area contributed by atoms with Gasteiger partial charge in [0.15, 0.2) is 0 Å². The van der Waals surface area contributed by atoms with Crippen LogP contribution in [0.5, 0.6) is 0 Å². The van der Waals surface area contributed by atoms with E-state index < -0.39 is 26.5 Å². The second-order valence-corrected chi connectivity index (χ2v) is 5.88. The highest BCUT2D eigenvalue weighted by Gasteiger charge is 2.26. The number of nitrogens with zero attached hydrogens (tertiary/aromatic N) is 2. The summed E-state index contributed by atoms with van der Waals surface area (Å²) in [5, 5.41) is 19.4. The summed E-state index contributed by atoms with van der Waals surface area (Å²) in [6, 6.07) is 2.44. The summed E-state index contributed by atoms with van der Waals surface area (Å²) >= 11 is 0. The molecule has 1 rings (SSSR count). The summed E-state index contributed by atoms with van der Waals surface area (Å²) in [5.74, 6) is -1.09. The van der Waals surface area contributed by atoms with Crippen molar-refractivity contribution in [3.05, 3.63) is 34.1 Å². The summed E-state index contributed by atoms with van der Waals surface area (Å²) in [5.41, 5.74) is -0.885. The van der Waals surface area contributed by atoms with Gasteiger partial charge in [0.25, 0.3) is 0 Å². The molecule has 1 N–H and O–H groups in total. The van der Waals surface area contributed by atoms with Crippen LogP contribution in [0.1, 0.15) is 13.3 Å². The van der Waals surface area contributed by atoms with Crippen molar-refractivity contribution in [2.75, 3.05) is 19.7 Å². The quantitative estimate of drug-likeness (QED) is 0.601. The molecule has 0 heterocycles. The Hall–Kier alpha value is -1.58. The largest absolute Gasteiger partial charge is 0.396 e. The minimum absolute atomic E-state index is 0.0838. The van der Waals surface area contributed by atoms with Crippen LogP contribution in [0.25, 0.3) is 0 Å². The van der Waals surface area contributed by atoms with Crippen LogP contribution in [-0.4, -0.2) is 42.4 Å². The minimum atomic E-state index is -3.95. The molecule has 0 saturated heterocycles. The highest BCUT2D eigenvalue weighted by atomic mass is 32.2. The lowest BCUT2D eigenvalue weighted by atomic mass is 10.3. The molecule has 9 heteroatoms. The molecule has 1 aromatic rings. The average molecular weight is 306 g/mol. The van der Waals surface area contributed by atoms with Gasteiger partial charge in [-0.3, -0.25) is 10.1 Å². The third kappa shape index (κ3) is 3.50. The summed E-state index contributed by atoms with van der Waals surface area (Å²) < 4.78 is 38.8. The topological polar surface area (TPSA) is 101 Å². The number of hydrogen-bond donors (Lipinski definition) is 1. The van der Waals surface area contributed by atoms with E-state index in [0.29, 0.717) is 6.07 Å². The lowest BCUT2D eigenvalue weighted by Crippen LogP contribution is -2.32. The molecule has 0 aromatic heterocycles. The van der Waals surface area contributed by atoms with Crippen LogP contribution < -0.4 is 0 Å². The van der Waals surface area contributed by atoms with Crippen molar-refractivity contribution in [3.63, 3.8) is 0 Å². The Bertz CT molecular complexity index is 590. The maximum Gasteiger partial charge on any atom is 0.306 e. The first-order valence-corrected chi connectivity index (χ1v) is 7.33. The van der Waals surface area contributed by atoms with Gasteiger partial charge in [-0.1, -0.05) is 6.92 Å². The molecule has 0 saturated carbocycles. The van der Waals surface area contributed by atoms with E-state index in [9.17, 15) is 22.9 Å². The van der Waals surface area contributed by atoms with Gasteiger partial charge in [-0.2, -0.15) is 8.70 Å². The second kappa shape index (κ2) is 6.73. The summed E-state index contributed by atoms with van der Waals surface area (Å²) in [7, 11) is -3.95. The molecule has 1 aromatic carbocycles. The molecule has 0 unspecified atom stereocenters. The monoisotopic (exact) mass is 306 g/mol. The number of aliphatic hydroxyl groups is 1. The van der Waals surface area contributed by atoms with E-state index >= 15 is 0 Å². The van der Waals surface area contributed by atoms with Crippen LogP contribution in [-0.2, 0) is 10.0 Å². The van der Waals surface area contributed by atoms with Gasteiger partial charge in [0.1, 0.15) is 0 Å². The summed E-state index contributed by atoms with van der Waals surface area (Å²) in [6.45, 7) is 1.66. The Kier molecular flexibility index (Phi) is 5.54. The second-order valence-electron chi connectivity index (χ2n) is 3.94. The zero-order valence-electron chi connectivity index (χ0n) is 10.8. The van der Waals surface area contributed by atoms with Gasteiger partial charge in [0, 0.05) is 25.8 Å². The van der Waals surface area contributed by atoms with Gasteiger partial charge in [-0.05, 0) is 18.6 Å². The fourth-order valence-corrected chi connectivity index (χ4v) is 3.15. The molecule has 0 aliphatic rings. The number of nitro groups is 1. The molecule has 0 fully saturated rings. The van der Waals surface area contributed by atoms with Gasteiger partial charge in [0.05, 0.1) is 9.82 Å². The molecule has 0 bridgehead atoms. The maximum absolute atomic E-state index is 13.2. The Morgan fingerprint density at radius 1 is 1.45 bits per heavy atom. The van der Waals surface area contributed by atoms with E-state index in [0.717, 1.165) is 16.4 Å². The molecule has 112 valence electrons. The van der Waals surface area contributed by atoms with Crippen LogP contribution >= 0.6 is 0 Å². The fraction of sp³-hybridized carbons (Fsp3) is 0.455. The van der Waals surface area contributed by atoms with Crippen LogP contribution in [0.2, 0.25) is 0 Å². The predicted molar refractivity (Wildman–Crippen MR) is 69.2 cm³/mol. The zero-order valence-corrected chi connectivity index (χ0v) is 11.6. The molecule has 0 atom stereocenters. The first kappa shape index (κ1) is 16.5. The van der Waals surface area contributed by atoms with E-state index in [2.05, 4.69) is 0 Å². The Balaban J connectivity index is 3.20. The Morgan fingerprint density at radius 3 is 2.60 bits per heavy atom. The summed E-state index contributed by atoms with van der Waals surface area (Å²) in [4.78, 5) is 9.32. The number of rotatable bonds is 7. The lowest BCUT2D eigenvalue weighted by Gasteiger charge is -2.19. The third-order valence-electron chi connectivity index (χ3n) is 2.67. The standard InChI is InChI=1S/C11H15FN2O5S/c1-2-13(6-3-7-15)20(18,19)9-4-5-10(12)11(8-9)14(16)17/h4-5,8,15H,2-3,6-7H2,1H3. The number of aliphatic hydroxyl groups excluding tert-OH is 1. The molecule has 7 nitrogen and oxygen atoms in total. The van der Waals surface area contributed by atoms with Crippen molar-refractivity contribution in [1.29, 1.82) is 0 Å². The SMILES string of the molecule is CCN(CCCO)S(=O)(=O)c1ccc(F)c([N+](=O)[O-])c1. The highest BCUT2D eigenvalue weighted by molar-refractivity contribution is 7.89. The van der Waals surface area contributed by atoms with E-state index in [-0.39, 0.29) is 31.0 Å². The van der Waals surface area contributed by atoms with Gasteiger partial charge in [-0.15, -0.1) is 0 Å². The Labute approximate surface area is 115 Å². The number of benzene rings is 1. The average Bonchev–Trinajstić information content (AvgIpc) is 2.39. The lowest BCUT2D eigenvalue weighted by molar-refractivity contribution is -0.387. The number of sulfonamides is 1. The number of halogens is 1. The molecule has 0 amide bonds. The highest BCUT2D eigenvalue weighted by Crippen LogP contribution is 2.24. The molecule has 0 aliphatic heterocycles. The molecule has 0 aliphatic carbocycles. The van der Waals surface area contributed by atoms with Crippen molar-refractivity contribution in [2.24, 2.45) is 0 Å². The minimum Gasteiger partial charge on any atom is -0.396 e. The van der Waals surface area contributed by atoms with Gasteiger partial charge in [-0.25, -0.2) is 8.42 Å². The van der Waals surface area contributed by atoms with Crippen LogP contribution in [0.3, 0.4) is 0 Å². The van der Waals surface area contributed by atoms with Crippen molar-refractivity contribution in [1.82, 2.24) is 4.31 Å². The third-order valence-corrected chi connectivity index (χ3v) is 4.64. The van der Waals surface area contributed by atoms with E-state index in [1.807, 2.05) is 0 Å². The smallest absolute Gasteiger partial charge is 0.306 e. The van der Waals surface area contributed by atoms with E-state index in [4.69, 9.17) is 5.11 Å². The molecule has 20 heavy (non-hydrogen) atoms. The van der Waals surface area contributed by atoms with Gasteiger partial charge < -0.3 is 5.11 Å².